The van der Waals surface area contributed by atoms with E-state index in [-0.39, 0.29) is 11.9 Å². The number of rotatable bonds is 12. The van der Waals surface area contributed by atoms with Crippen LogP contribution in [0.3, 0.4) is 0 Å². The standard InChI is InChI=1S/C18H32O2/c1-3-5-7-9-11-13-15-17-16(18(19)20-17)14-12-10-8-6-4-2/h15-16H,3-14H2,1-2H3/b17-15-. The summed E-state index contributed by atoms with van der Waals surface area (Å²) in [5, 5.41) is 0. The molecule has 20 heavy (non-hydrogen) atoms. The molecule has 0 saturated carbocycles. The molecule has 2 nitrogen and oxygen atoms in total. The Labute approximate surface area is 125 Å². The van der Waals surface area contributed by atoms with Crippen molar-refractivity contribution in [3.8, 4) is 0 Å². The number of cyclic esters (lactones) is 1. The van der Waals surface area contributed by atoms with E-state index >= 15 is 0 Å². The first-order valence-electron chi connectivity index (χ1n) is 8.71. The van der Waals surface area contributed by atoms with Crippen LogP contribution in [0.2, 0.25) is 0 Å². The molecule has 2 heteroatoms. The van der Waals surface area contributed by atoms with Crippen LogP contribution in [0, 0.1) is 5.92 Å². The van der Waals surface area contributed by atoms with Crippen molar-refractivity contribution in [2.45, 2.75) is 90.9 Å². The number of ether oxygens (including phenoxy) is 1. The molecule has 0 aromatic heterocycles. The molecule has 0 N–H and O–H groups in total. The molecule has 0 spiro atoms. The third-order valence-corrected chi connectivity index (χ3v) is 4.10. The first-order valence-corrected chi connectivity index (χ1v) is 8.71. The van der Waals surface area contributed by atoms with Crippen LogP contribution >= 0.6 is 0 Å². The molecule has 0 aliphatic carbocycles. The quantitative estimate of drug-likeness (QED) is 0.335. The molecule has 0 aromatic rings. The van der Waals surface area contributed by atoms with Crippen molar-refractivity contribution in [3.05, 3.63) is 11.8 Å². The van der Waals surface area contributed by atoms with E-state index in [0.717, 1.165) is 25.0 Å². The fourth-order valence-corrected chi connectivity index (χ4v) is 2.70. The molecule has 1 rings (SSSR count). The minimum atomic E-state index is -0.00211. The molecule has 1 atom stereocenters. The van der Waals surface area contributed by atoms with Gasteiger partial charge in [0.05, 0.1) is 0 Å². The first kappa shape index (κ1) is 17.3. The maximum atomic E-state index is 11.5. The molecule has 1 fully saturated rings. The smallest absolute Gasteiger partial charge is 0.321 e. The molecule has 0 radical (unpaired) electrons. The minimum Gasteiger partial charge on any atom is -0.430 e. The third kappa shape index (κ3) is 6.58. The van der Waals surface area contributed by atoms with Gasteiger partial charge in [0.15, 0.2) is 0 Å². The average Bonchev–Trinajstić information content (AvgIpc) is 2.45. The molecule has 1 aliphatic heterocycles. The summed E-state index contributed by atoms with van der Waals surface area (Å²) in [5.74, 6) is 1.05. The Morgan fingerprint density at radius 3 is 2.10 bits per heavy atom. The molecule has 0 bridgehead atoms. The topological polar surface area (TPSA) is 26.3 Å². The lowest BCUT2D eigenvalue weighted by Crippen LogP contribution is -2.32. The van der Waals surface area contributed by atoms with Crippen LogP contribution in [0.15, 0.2) is 11.8 Å². The molecular formula is C18H32O2. The minimum absolute atomic E-state index is 0.00211. The first-order chi connectivity index (χ1) is 9.79. The van der Waals surface area contributed by atoms with Crippen LogP contribution in [-0.4, -0.2) is 5.97 Å². The molecule has 1 unspecified atom stereocenters. The van der Waals surface area contributed by atoms with Gasteiger partial charge >= 0.3 is 5.97 Å². The van der Waals surface area contributed by atoms with Gasteiger partial charge in [0.2, 0.25) is 0 Å². The Kier molecular flexibility index (Phi) is 9.44. The number of allylic oxidation sites excluding steroid dienone is 1. The summed E-state index contributed by atoms with van der Waals surface area (Å²) in [4.78, 5) is 11.5. The second-order valence-electron chi connectivity index (χ2n) is 5.99. The van der Waals surface area contributed by atoms with E-state index in [4.69, 9.17) is 4.74 Å². The van der Waals surface area contributed by atoms with Gasteiger partial charge in [-0.2, -0.15) is 0 Å². The summed E-state index contributed by atoms with van der Waals surface area (Å²) in [6.07, 6.45) is 17.0. The van der Waals surface area contributed by atoms with Crippen LogP contribution in [0.4, 0.5) is 0 Å². The molecule has 1 saturated heterocycles. The molecular weight excluding hydrogens is 248 g/mol. The maximum Gasteiger partial charge on any atom is 0.321 e. The van der Waals surface area contributed by atoms with Crippen LogP contribution in [0.5, 0.6) is 0 Å². The van der Waals surface area contributed by atoms with Crippen molar-refractivity contribution >= 4 is 5.97 Å². The van der Waals surface area contributed by atoms with Crippen molar-refractivity contribution in [1.29, 1.82) is 0 Å². The van der Waals surface area contributed by atoms with E-state index < -0.39 is 0 Å². The van der Waals surface area contributed by atoms with Crippen LogP contribution in [0.25, 0.3) is 0 Å². The van der Waals surface area contributed by atoms with Gasteiger partial charge in [-0.15, -0.1) is 0 Å². The maximum absolute atomic E-state index is 11.5. The predicted octanol–water partition coefficient (Wildman–Crippen LogP) is 5.76. The monoisotopic (exact) mass is 280 g/mol. The fraction of sp³-hybridized carbons (Fsp3) is 0.833. The Morgan fingerprint density at radius 2 is 1.50 bits per heavy atom. The van der Waals surface area contributed by atoms with Gasteiger partial charge in [-0.1, -0.05) is 71.6 Å². The van der Waals surface area contributed by atoms with Crippen LogP contribution < -0.4 is 0 Å². The summed E-state index contributed by atoms with van der Waals surface area (Å²) >= 11 is 0. The summed E-state index contributed by atoms with van der Waals surface area (Å²) < 4.78 is 5.18. The van der Waals surface area contributed by atoms with Gasteiger partial charge in [-0.05, 0) is 25.3 Å². The lowest BCUT2D eigenvalue weighted by atomic mass is 9.93. The average molecular weight is 280 g/mol. The number of hydrogen-bond acceptors (Lipinski definition) is 2. The zero-order valence-electron chi connectivity index (χ0n) is 13.5. The Hall–Kier alpha value is -0.790. The lowest BCUT2D eigenvalue weighted by Gasteiger charge is -2.28. The highest BCUT2D eigenvalue weighted by Gasteiger charge is 2.36. The highest BCUT2D eigenvalue weighted by molar-refractivity contribution is 5.82. The third-order valence-electron chi connectivity index (χ3n) is 4.10. The summed E-state index contributed by atoms with van der Waals surface area (Å²) in [5.41, 5.74) is 0. The zero-order chi connectivity index (χ0) is 14.6. The van der Waals surface area contributed by atoms with Crippen molar-refractivity contribution < 1.29 is 9.53 Å². The highest BCUT2D eigenvalue weighted by atomic mass is 16.6. The van der Waals surface area contributed by atoms with E-state index in [1.54, 1.807) is 0 Å². The number of carbonyl (C=O) groups excluding carboxylic acids is 1. The second-order valence-corrected chi connectivity index (χ2v) is 5.99. The second kappa shape index (κ2) is 10.9. The van der Waals surface area contributed by atoms with Gasteiger partial charge < -0.3 is 4.74 Å². The number of esters is 1. The summed E-state index contributed by atoms with van der Waals surface area (Å²) in [6.45, 7) is 4.46. The molecule has 116 valence electrons. The van der Waals surface area contributed by atoms with Crippen molar-refractivity contribution in [3.63, 3.8) is 0 Å². The molecule has 1 heterocycles. The normalized spacial score (nSPS) is 20.0. The highest BCUT2D eigenvalue weighted by Crippen LogP contribution is 2.32. The van der Waals surface area contributed by atoms with E-state index in [9.17, 15) is 4.79 Å². The summed E-state index contributed by atoms with van der Waals surface area (Å²) in [6, 6.07) is 0. The fourth-order valence-electron chi connectivity index (χ4n) is 2.70. The molecule has 0 aromatic carbocycles. The van der Waals surface area contributed by atoms with Gasteiger partial charge in [0, 0.05) is 0 Å². The predicted molar refractivity (Wildman–Crippen MR) is 84.4 cm³/mol. The van der Waals surface area contributed by atoms with Gasteiger partial charge in [0.1, 0.15) is 11.7 Å². The van der Waals surface area contributed by atoms with E-state index in [2.05, 4.69) is 19.9 Å². The molecule has 1 aliphatic rings. The van der Waals surface area contributed by atoms with E-state index in [0.29, 0.717) is 0 Å². The lowest BCUT2D eigenvalue weighted by molar-refractivity contribution is -0.157. The van der Waals surface area contributed by atoms with E-state index in [1.807, 2.05) is 0 Å². The number of hydrogen-bond donors (Lipinski definition) is 0. The van der Waals surface area contributed by atoms with Crippen molar-refractivity contribution in [2.24, 2.45) is 5.92 Å². The number of unbranched alkanes of at least 4 members (excludes halogenated alkanes) is 9. The van der Waals surface area contributed by atoms with Gasteiger partial charge in [-0.3, -0.25) is 4.79 Å². The molecule has 0 amide bonds. The van der Waals surface area contributed by atoms with Gasteiger partial charge in [0.25, 0.3) is 0 Å². The zero-order valence-corrected chi connectivity index (χ0v) is 13.5. The Bertz CT molecular complexity index is 294. The number of carbonyl (C=O) groups is 1. The largest absolute Gasteiger partial charge is 0.430 e. The van der Waals surface area contributed by atoms with Crippen molar-refractivity contribution in [2.75, 3.05) is 0 Å². The van der Waals surface area contributed by atoms with Gasteiger partial charge in [-0.25, -0.2) is 0 Å². The Balaban J connectivity index is 2.10. The van der Waals surface area contributed by atoms with E-state index in [1.165, 1.54) is 57.8 Å². The van der Waals surface area contributed by atoms with Crippen LogP contribution in [0.1, 0.15) is 90.9 Å². The Morgan fingerprint density at radius 1 is 0.900 bits per heavy atom. The SMILES string of the molecule is CCCCCCC/C=C1\OC(=O)C1CCCCCCC. The summed E-state index contributed by atoms with van der Waals surface area (Å²) in [7, 11) is 0. The van der Waals surface area contributed by atoms with Crippen LogP contribution in [-0.2, 0) is 9.53 Å². The van der Waals surface area contributed by atoms with Crippen molar-refractivity contribution in [1.82, 2.24) is 0 Å².